The number of benzene rings is 1. The van der Waals surface area contributed by atoms with Gasteiger partial charge in [-0.1, -0.05) is 0 Å². The molecule has 1 saturated heterocycles. The van der Waals surface area contributed by atoms with E-state index in [9.17, 15) is 0 Å². The molecule has 4 heterocycles. The summed E-state index contributed by atoms with van der Waals surface area (Å²) >= 11 is 0. The lowest BCUT2D eigenvalue weighted by atomic mass is 10.2. The summed E-state index contributed by atoms with van der Waals surface area (Å²) in [6.07, 6.45) is 5.37. The predicted molar refractivity (Wildman–Crippen MR) is 128 cm³/mol. The highest BCUT2D eigenvalue weighted by atomic mass is 15.2. The van der Waals surface area contributed by atoms with Crippen LogP contribution in [0.3, 0.4) is 0 Å². The molecule has 1 fully saturated rings. The average Bonchev–Trinajstić information content (AvgIpc) is 3.20. The van der Waals surface area contributed by atoms with Crippen LogP contribution in [0.5, 0.6) is 0 Å². The van der Waals surface area contributed by atoms with Crippen molar-refractivity contribution in [2.75, 3.05) is 43.4 Å². The van der Waals surface area contributed by atoms with Gasteiger partial charge in [-0.2, -0.15) is 4.98 Å². The van der Waals surface area contributed by atoms with E-state index >= 15 is 0 Å². The van der Waals surface area contributed by atoms with Crippen molar-refractivity contribution in [2.24, 2.45) is 0 Å². The van der Waals surface area contributed by atoms with Crippen LogP contribution in [-0.2, 0) is 0 Å². The first kappa shape index (κ1) is 20.4. The minimum Gasteiger partial charge on any atom is -0.369 e. The molecule has 1 aromatic carbocycles. The molecule has 0 aliphatic carbocycles. The maximum Gasteiger partial charge on any atom is 0.229 e. The summed E-state index contributed by atoms with van der Waals surface area (Å²) in [6.45, 7) is 8.57. The van der Waals surface area contributed by atoms with Gasteiger partial charge >= 0.3 is 0 Å². The molecule has 32 heavy (non-hydrogen) atoms. The van der Waals surface area contributed by atoms with Gasteiger partial charge in [0.15, 0.2) is 5.65 Å². The molecule has 0 unspecified atom stereocenters. The summed E-state index contributed by atoms with van der Waals surface area (Å²) in [6, 6.07) is 12.6. The Morgan fingerprint density at radius 2 is 1.72 bits per heavy atom. The Kier molecular flexibility index (Phi) is 5.45. The van der Waals surface area contributed by atoms with Crippen LogP contribution >= 0.6 is 0 Å². The second-order valence-electron chi connectivity index (χ2n) is 8.51. The molecule has 0 saturated carbocycles. The van der Waals surface area contributed by atoms with Crippen LogP contribution < -0.4 is 10.2 Å². The number of piperazine rings is 1. The Labute approximate surface area is 188 Å². The van der Waals surface area contributed by atoms with Crippen LogP contribution in [0.4, 0.5) is 17.3 Å². The molecule has 0 atom stereocenters. The first-order chi connectivity index (χ1) is 15.6. The van der Waals surface area contributed by atoms with E-state index in [-0.39, 0.29) is 6.04 Å². The highest BCUT2D eigenvalue weighted by Gasteiger charge is 2.18. The van der Waals surface area contributed by atoms with Crippen molar-refractivity contribution in [2.45, 2.75) is 19.9 Å². The lowest BCUT2D eigenvalue weighted by Gasteiger charge is -2.34. The minimum atomic E-state index is 0.195. The number of fused-ring (bicyclic) bond motifs is 1. The number of anilines is 3. The molecule has 1 aliphatic rings. The maximum absolute atomic E-state index is 4.80. The Morgan fingerprint density at radius 1 is 0.938 bits per heavy atom. The lowest BCUT2D eigenvalue weighted by molar-refractivity contribution is 0.313. The van der Waals surface area contributed by atoms with E-state index in [0.29, 0.717) is 5.95 Å². The summed E-state index contributed by atoms with van der Waals surface area (Å²) in [5.41, 5.74) is 4.76. The molecule has 3 aromatic heterocycles. The molecule has 5 rings (SSSR count). The number of aromatic nitrogens is 5. The van der Waals surface area contributed by atoms with E-state index in [2.05, 4.69) is 74.8 Å². The zero-order valence-electron chi connectivity index (χ0n) is 18.7. The van der Waals surface area contributed by atoms with E-state index < -0.39 is 0 Å². The smallest absolute Gasteiger partial charge is 0.229 e. The maximum atomic E-state index is 4.80. The molecule has 0 spiro atoms. The van der Waals surface area contributed by atoms with E-state index in [4.69, 9.17) is 9.97 Å². The summed E-state index contributed by atoms with van der Waals surface area (Å²) < 4.78 is 2.13. The predicted octanol–water partition coefficient (Wildman–Crippen LogP) is 3.96. The lowest BCUT2D eigenvalue weighted by Crippen LogP contribution is -2.44. The standard InChI is InChI=1S/C24H28N8/c1-17(2)32-22(18-5-4-10-25-15-18)28-21-16-26-24(29-23(21)32)27-19-6-8-20(9-7-19)31-13-11-30(3)12-14-31/h4-10,15-17H,11-14H2,1-3H3,(H,26,27,29). The van der Waals surface area contributed by atoms with Gasteiger partial charge in [-0.3, -0.25) is 4.98 Å². The van der Waals surface area contributed by atoms with Gasteiger partial charge in [-0.25, -0.2) is 9.97 Å². The van der Waals surface area contributed by atoms with Gasteiger partial charge in [0.05, 0.1) is 6.20 Å². The van der Waals surface area contributed by atoms with Crippen molar-refractivity contribution in [3.63, 3.8) is 0 Å². The third-order valence-corrected chi connectivity index (χ3v) is 5.86. The highest BCUT2D eigenvalue weighted by molar-refractivity contribution is 5.78. The SMILES string of the molecule is CC(C)n1c(-c2cccnc2)nc2cnc(Nc3ccc(N4CCN(C)CC4)cc3)nc21. The summed E-state index contributed by atoms with van der Waals surface area (Å²) in [7, 11) is 2.17. The largest absolute Gasteiger partial charge is 0.369 e. The highest BCUT2D eigenvalue weighted by Crippen LogP contribution is 2.28. The topological polar surface area (TPSA) is 75.0 Å². The van der Waals surface area contributed by atoms with Crippen molar-refractivity contribution in [3.05, 3.63) is 55.0 Å². The third-order valence-electron chi connectivity index (χ3n) is 5.86. The van der Waals surface area contributed by atoms with Gasteiger partial charge in [-0.05, 0) is 57.3 Å². The molecule has 0 bridgehead atoms. The number of pyridine rings is 1. The van der Waals surface area contributed by atoms with Crippen LogP contribution in [0.1, 0.15) is 19.9 Å². The Hall–Kier alpha value is -3.52. The van der Waals surface area contributed by atoms with Crippen LogP contribution in [0, 0.1) is 0 Å². The molecule has 1 N–H and O–H groups in total. The average molecular weight is 429 g/mol. The summed E-state index contributed by atoms with van der Waals surface area (Å²) in [5.74, 6) is 1.41. The van der Waals surface area contributed by atoms with E-state index in [1.165, 1.54) is 5.69 Å². The zero-order chi connectivity index (χ0) is 22.1. The third kappa shape index (κ3) is 4.01. The van der Waals surface area contributed by atoms with Crippen molar-refractivity contribution >= 4 is 28.5 Å². The van der Waals surface area contributed by atoms with Crippen molar-refractivity contribution in [1.29, 1.82) is 0 Å². The van der Waals surface area contributed by atoms with Crippen LogP contribution in [0.2, 0.25) is 0 Å². The van der Waals surface area contributed by atoms with Gasteiger partial charge in [0.1, 0.15) is 11.3 Å². The zero-order valence-corrected chi connectivity index (χ0v) is 18.7. The van der Waals surface area contributed by atoms with E-state index in [0.717, 1.165) is 54.4 Å². The first-order valence-electron chi connectivity index (χ1n) is 11.0. The molecule has 164 valence electrons. The van der Waals surface area contributed by atoms with Gasteiger partial charge in [0, 0.05) is 61.6 Å². The molecule has 1 aliphatic heterocycles. The molecule has 4 aromatic rings. The van der Waals surface area contributed by atoms with Crippen molar-refractivity contribution < 1.29 is 0 Å². The first-order valence-corrected chi connectivity index (χ1v) is 11.0. The fourth-order valence-electron chi connectivity index (χ4n) is 4.09. The van der Waals surface area contributed by atoms with E-state index in [1.54, 1.807) is 12.4 Å². The Bertz CT molecular complexity index is 1190. The summed E-state index contributed by atoms with van der Waals surface area (Å²) in [5, 5.41) is 3.35. The molecule has 0 amide bonds. The van der Waals surface area contributed by atoms with Gasteiger partial charge in [0.2, 0.25) is 5.95 Å². The van der Waals surface area contributed by atoms with Crippen molar-refractivity contribution in [1.82, 2.24) is 29.4 Å². The Balaban J connectivity index is 1.41. The fraction of sp³-hybridized carbons (Fsp3) is 0.333. The molecule has 0 radical (unpaired) electrons. The van der Waals surface area contributed by atoms with Gasteiger partial charge < -0.3 is 19.7 Å². The molecule has 8 heteroatoms. The number of rotatable bonds is 5. The normalized spacial score (nSPS) is 14.9. The number of likely N-dealkylation sites (N-methyl/N-ethyl adjacent to an activating group) is 1. The number of hydrogen-bond acceptors (Lipinski definition) is 7. The molecular weight excluding hydrogens is 400 g/mol. The van der Waals surface area contributed by atoms with Gasteiger partial charge in [0.25, 0.3) is 0 Å². The van der Waals surface area contributed by atoms with Crippen molar-refractivity contribution in [3.8, 4) is 11.4 Å². The van der Waals surface area contributed by atoms with Gasteiger partial charge in [-0.15, -0.1) is 0 Å². The van der Waals surface area contributed by atoms with Crippen LogP contribution in [0.25, 0.3) is 22.6 Å². The number of hydrogen-bond donors (Lipinski definition) is 1. The monoisotopic (exact) mass is 428 g/mol. The van der Waals surface area contributed by atoms with Crippen LogP contribution in [0.15, 0.2) is 55.0 Å². The molecule has 8 nitrogen and oxygen atoms in total. The van der Waals surface area contributed by atoms with E-state index in [1.807, 2.05) is 18.3 Å². The Morgan fingerprint density at radius 3 is 2.41 bits per heavy atom. The quantitative estimate of drug-likeness (QED) is 0.516. The second kappa shape index (κ2) is 8.55. The minimum absolute atomic E-state index is 0.195. The number of nitrogens with zero attached hydrogens (tertiary/aromatic N) is 7. The number of imidazole rings is 1. The fourth-order valence-corrected chi connectivity index (χ4v) is 4.09. The number of nitrogens with one attached hydrogen (secondary N) is 1. The molecular formula is C24H28N8. The van der Waals surface area contributed by atoms with Crippen LogP contribution in [-0.4, -0.2) is 62.6 Å². The second-order valence-corrected chi connectivity index (χ2v) is 8.51. The summed E-state index contributed by atoms with van der Waals surface area (Å²) in [4.78, 5) is 23.1.